The van der Waals surface area contributed by atoms with E-state index >= 15 is 0 Å². The number of pyridine rings is 1. The molecule has 0 aromatic carbocycles. The molecule has 0 saturated carbocycles. The second kappa shape index (κ2) is 7.86. The largest absolute Gasteiger partial charge is 0.381 e. The van der Waals surface area contributed by atoms with Gasteiger partial charge in [0.2, 0.25) is 0 Å². The van der Waals surface area contributed by atoms with Crippen molar-refractivity contribution in [1.29, 1.82) is 0 Å². The molecule has 2 aliphatic heterocycles. The highest BCUT2D eigenvalue weighted by molar-refractivity contribution is 5.12. The van der Waals surface area contributed by atoms with Crippen molar-refractivity contribution in [3.63, 3.8) is 0 Å². The first-order valence-electron chi connectivity index (χ1n) is 8.33. The van der Waals surface area contributed by atoms with Crippen molar-refractivity contribution < 1.29 is 9.47 Å². The first kappa shape index (κ1) is 15.7. The Labute approximate surface area is 133 Å². The number of rotatable bonds is 6. The predicted molar refractivity (Wildman–Crippen MR) is 86.8 cm³/mol. The third kappa shape index (κ3) is 3.75. The van der Waals surface area contributed by atoms with Crippen molar-refractivity contribution in [2.24, 2.45) is 0 Å². The van der Waals surface area contributed by atoms with Gasteiger partial charge in [-0.25, -0.2) is 0 Å². The van der Waals surface area contributed by atoms with E-state index in [1.165, 1.54) is 5.56 Å². The van der Waals surface area contributed by atoms with Gasteiger partial charge in [0.15, 0.2) is 0 Å². The van der Waals surface area contributed by atoms with Crippen LogP contribution in [0.4, 0.5) is 0 Å². The minimum Gasteiger partial charge on any atom is -0.381 e. The molecule has 3 rings (SSSR count). The third-order valence-electron chi connectivity index (χ3n) is 4.78. The maximum Gasteiger partial charge on any atom is 0.0750 e. The van der Waals surface area contributed by atoms with E-state index in [0.29, 0.717) is 24.8 Å². The molecule has 1 aromatic rings. The Kier molecular flexibility index (Phi) is 5.59. The van der Waals surface area contributed by atoms with Gasteiger partial charge in [0.05, 0.1) is 12.7 Å². The Balaban J connectivity index is 1.71. The van der Waals surface area contributed by atoms with Crippen LogP contribution >= 0.6 is 0 Å². The quantitative estimate of drug-likeness (QED) is 0.756. The normalized spacial score (nSPS) is 27.1. The molecule has 2 fully saturated rings. The molecule has 2 atom stereocenters. The van der Waals surface area contributed by atoms with Gasteiger partial charge in [0, 0.05) is 44.2 Å². The summed E-state index contributed by atoms with van der Waals surface area (Å²) < 4.78 is 11.6. The summed E-state index contributed by atoms with van der Waals surface area (Å²) in [6, 6.07) is 5.25. The molecule has 4 heteroatoms. The van der Waals surface area contributed by atoms with Crippen molar-refractivity contribution in [2.45, 2.75) is 43.9 Å². The lowest BCUT2D eigenvalue weighted by atomic mass is 10.00. The standard InChI is InChI=1S/C18H26N2O2/c1-2-10-22-18-5-9-20(16-6-11-21-12-7-16)17(18)13-15-4-3-8-19-14-15/h2-4,8,14,16-18H,1,5-7,9-13H2/t17-,18-/m0/s1. The minimum atomic E-state index is 0.293. The Morgan fingerprint density at radius 1 is 1.36 bits per heavy atom. The summed E-state index contributed by atoms with van der Waals surface area (Å²) in [5.41, 5.74) is 1.29. The number of aromatic nitrogens is 1. The summed E-state index contributed by atoms with van der Waals surface area (Å²) in [5.74, 6) is 0. The molecule has 1 aromatic heterocycles. The molecule has 2 aliphatic rings. The summed E-state index contributed by atoms with van der Waals surface area (Å²) in [7, 11) is 0. The van der Waals surface area contributed by atoms with Crippen LogP contribution in [0.3, 0.4) is 0 Å². The van der Waals surface area contributed by atoms with Crippen LogP contribution in [0.25, 0.3) is 0 Å². The molecule has 0 bridgehead atoms. The van der Waals surface area contributed by atoms with Crippen LogP contribution in [-0.4, -0.2) is 54.4 Å². The third-order valence-corrected chi connectivity index (χ3v) is 4.78. The zero-order valence-electron chi connectivity index (χ0n) is 13.2. The molecule has 4 nitrogen and oxygen atoms in total. The average molecular weight is 302 g/mol. The predicted octanol–water partition coefficient (Wildman–Crippen LogP) is 2.45. The molecule has 22 heavy (non-hydrogen) atoms. The molecule has 0 unspecified atom stereocenters. The molecule has 2 saturated heterocycles. The second-order valence-electron chi connectivity index (χ2n) is 6.16. The van der Waals surface area contributed by atoms with Crippen molar-refractivity contribution in [3.05, 3.63) is 42.7 Å². The summed E-state index contributed by atoms with van der Waals surface area (Å²) in [6.45, 7) is 7.31. The van der Waals surface area contributed by atoms with E-state index in [1.54, 1.807) is 0 Å². The number of hydrogen-bond acceptors (Lipinski definition) is 4. The fourth-order valence-corrected chi connectivity index (χ4v) is 3.71. The fraction of sp³-hybridized carbons (Fsp3) is 0.611. The van der Waals surface area contributed by atoms with E-state index in [0.717, 1.165) is 45.4 Å². The molecule has 0 spiro atoms. The Morgan fingerprint density at radius 3 is 2.95 bits per heavy atom. The van der Waals surface area contributed by atoms with Crippen LogP contribution < -0.4 is 0 Å². The van der Waals surface area contributed by atoms with Gasteiger partial charge in [0.1, 0.15) is 0 Å². The zero-order chi connectivity index (χ0) is 15.2. The second-order valence-corrected chi connectivity index (χ2v) is 6.16. The van der Waals surface area contributed by atoms with E-state index in [4.69, 9.17) is 9.47 Å². The van der Waals surface area contributed by atoms with Crippen LogP contribution in [0, 0.1) is 0 Å². The minimum absolute atomic E-state index is 0.293. The maximum absolute atomic E-state index is 6.05. The molecule has 0 aliphatic carbocycles. The van der Waals surface area contributed by atoms with Crippen LogP contribution in [0.15, 0.2) is 37.2 Å². The highest BCUT2D eigenvalue weighted by Gasteiger charge is 2.38. The summed E-state index contributed by atoms with van der Waals surface area (Å²) in [5, 5.41) is 0. The van der Waals surface area contributed by atoms with Crippen LogP contribution in [0.1, 0.15) is 24.8 Å². The fourth-order valence-electron chi connectivity index (χ4n) is 3.71. The van der Waals surface area contributed by atoms with Crippen LogP contribution in [-0.2, 0) is 15.9 Å². The molecular formula is C18H26N2O2. The summed E-state index contributed by atoms with van der Waals surface area (Å²) in [4.78, 5) is 6.91. The first-order valence-corrected chi connectivity index (χ1v) is 8.33. The maximum atomic E-state index is 6.05. The van der Waals surface area contributed by atoms with E-state index in [2.05, 4.69) is 22.5 Å². The van der Waals surface area contributed by atoms with Crippen molar-refractivity contribution in [2.75, 3.05) is 26.4 Å². The number of likely N-dealkylation sites (tertiary alicyclic amines) is 1. The van der Waals surface area contributed by atoms with Gasteiger partial charge < -0.3 is 9.47 Å². The van der Waals surface area contributed by atoms with E-state index < -0.39 is 0 Å². The Bertz CT molecular complexity index is 459. The molecule has 3 heterocycles. The Hall–Kier alpha value is -1.23. The highest BCUT2D eigenvalue weighted by Crippen LogP contribution is 2.29. The summed E-state index contributed by atoms with van der Waals surface area (Å²) >= 11 is 0. The number of nitrogens with zero attached hydrogens (tertiary/aromatic N) is 2. The number of ether oxygens (including phenoxy) is 2. The summed E-state index contributed by atoms with van der Waals surface area (Å²) in [6.07, 6.45) is 10.3. The molecule has 120 valence electrons. The van der Waals surface area contributed by atoms with Crippen molar-refractivity contribution >= 4 is 0 Å². The van der Waals surface area contributed by atoms with Gasteiger partial charge in [-0.15, -0.1) is 6.58 Å². The van der Waals surface area contributed by atoms with Gasteiger partial charge >= 0.3 is 0 Å². The SMILES string of the molecule is C=CCO[C@H]1CCN(C2CCOCC2)[C@H]1Cc1cccnc1. The van der Waals surface area contributed by atoms with Crippen LogP contribution in [0.2, 0.25) is 0 Å². The average Bonchev–Trinajstić information content (AvgIpc) is 2.97. The van der Waals surface area contributed by atoms with E-state index in [9.17, 15) is 0 Å². The van der Waals surface area contributed by atoms with Gasteiger partial charge in [-0.05, 0) is 37.3 Å². The zero-order valence-corrected chi connectivity index (χ0v) is 13.2. The first-order chi connectivity index (χ1) is 10.9. The van der Waals surface area contributed by atoms with Crippen molar-refractivity contribution in [3.8, 4) is 0 Å². The topological polar surface area (TPSA) is 34.6 Å². The van der Waals surface area contributed by atoms with Gasteiger partial charge in [-0.3, -0.25) is 9.88 Å². The molecular weight excluding hydrogens is 276 g/mol. The Morgan fingerprint density at radius 2 is 2.23 bits per heavy atom. The van der Waals surface area contributed by atoms with Gasteiger partial charge in [-0.2, -0.15) is 0 Å². The molecule has 0 N–H and O–H groups in total. The smallest absolute Gasteiger partial charge is 0.0750 e. The molecule has 0 radical (unpaired) electrons. The van der Waals surface area contributed by atoms with Gasteiger partial charge in [0.25, 0.3) is 0 Å². The molecule has 0 amide bonds. The lowest BCUT2D eigenvalue weighted by Crippen LogP contribution is -2.46. The lowest BCUT2D eigenvalue weighted by molar-refractivity contribution is 0.000514. The van der Waals surface area contributed by atoms with Crippen LogP contribution in [0.5, 0.6) is 0 Å². The van der Waals surface area contributed by atoms with E-state index in [-0.39, 0.29) is 0 Å². The van der Waals surface area contributed by atoms with Gasteiger partial charge in [-0.1, -0.05) is 12.1 Å². The number of hydrogen-bond donors (Lipinski definition) is 0. The highest BCUT2D eigenvalue weighted by atomic mass is 16.5. The lowest BCUT2D eigenvalue weighted by Gasteiger charge is -2.36. The monoisotopic (exact) mass is 302 g/mol. The van der Waals surface area contributed by atoms with Crippen molar-refractivity contribution in [1.82, 2.24) is 9.88 Å². The van der Waals surface area contributed by atoms with E-state index in [1.807, 2.05) is 24.5 Å².